The molecule has 86 valence electrons. The van der Waals surface area contributed by atoms with Crippen LogP contribution in [-0.2, 0) is 0 Å². The van der Waals surface area contributed by atoms with Gasteiger partial charge in [0.15, 0.2) is 0 Å². The SMILES string of the molecule is C=[N+](N=C(N)N)c1cccn1-c1ccccc1. The molecule has 4 N–H and O–H groups in total. The van der Waals surface area contributed by atoms with Gasteiger partial charge in [-0.1, -0.05) is 18.2 Å². The minimum atomic E-state index is -0.0270. The highest BCUT2D eigenvalue weighted by molar-refractivity contribution is 5.75. The van der Waals surface area contributed by atoms with Crippen molar-refractivity contribution in [1.82, 2.24) is 4.57 Å². The monoisotopic (exact) mass is 228 g/mol. The van der Waals surface area contributed by atoms with Gasteiger partial charge in [-0.05, 0) is 23.3 Å². The predicted molar refractivity (Wildman–Crippen MR) is 68.6 cm³/mol. The van der Waals surface area contributed by atoms with Gasteiger partial charge < -0.3 is 11.5 Å². The smallest absolute Gasteiger partial charge is 0.311 e. The molecule has 0 atom stereocenters. The number of aromatic nitrogens is 1. The third kappa shape index (κ3) is 2.34. The second-order valence-electron chi connectivity index (χ2n) is 3.50. The van der Waals surface area contributed by atoms with E-state index in [0.717, 1.165) is 11.5 Å². The molecule has 2 aromatic rings. The zero-order valence-electron chi connectivity index (χ0n) is 9.32. The van der Waals surface area contributed by atoms with Crippen molar-refractivity contribution in [2.24, 2.45) is 16.6 Å². The molecule has 2 rings (SSSR count). The number of guanidine groups is 1. The lowest BCUT2D eigenvalue weighted by molar-refractivity contribution is -0.441. The topological polar surface area (TPSA) is 72.3 Å². The van der Waals surface area contributed by atoms with E-state index in [0.29, 0.717) is 0 Å². The molecule has 1 aromatic heterocycles. The van der Waals surface area contributed by atoms with Gasteiger partial charge in [-0.2, -0.15) is 4.57 Å². The van der Waals surface area contributed by atoms with Crippen LogP contribution in [0, 0.1) is 0 Å². The quantitative estimate of drug-likeness (QED) is 0.356. The third-order valence-electron chi connectivity index (χ3n) is 2.26. The molecular formula is C12H14N5+. The summed E-state index contributed by atoms with van der Waals surface area (Å²) < 4.78 is 3.34. The van der Waals surface area contributed by atoms with Crippen molar-refractivity contribution in [2.75, 3.05) is 0 Å². The standard InChI is InChI=1S/C12H14N5/c1-16(15-12(13)14)11-8-5-9-17(11)10-6-3-2-4-7-10/h2-9H,1H2,(H4,13,14,15)/q+1. The first-order chi connectivity index (χ1) is 8.18. The molecule has 0 bridgehead atoms. The maximum absolute atomic E-state index is 5.33. The average molecular weight is 228 g/mol. The fourth-order valence-corrected chi connectivity index (χ4v) is 1.58. The number of hydrogen-bond acceptors (Lipinski definition) is 1. The van der Waals surface area contributed by atoms with E-state index < -0.39 is 0 Å². The van der Waals surface area contributed by atoms with Gasteiger partial charge in [-0.15, -0.1) is 4.68 Å². The van der Waals surface area contributed by atoms with Gasteiger partial charge in [0.25, 0.3) is 0 Å². The number of benzene rings is 1. The van der Waals surface area contributed by atoms with Crippen LogP contribution >= 0.6 is 0 Å². The largest absolute Gasteiger partial charge is 0.367 e. The van der Waals surface area contributed by atoms with Crippen molar-refractivity contribution >= 4 is 18.5 Å². The maximum atomic E-state index is 5.33. The Kier molecular flexibility index (Phi) is 2.91. The fourth-order valence-electron chi connectivity index (χ4n) is 1.58. The maximum Gasteiger partial charge on any atom is 0.311 e. The summed E-state index contributed by atoms with van der Waals surface area (Å²) in [5.74, 6) is 0.755. The van der Waals surface area contributed by atoms with Gasteiger partial charge in [0, 0.05) is 6.07 Å². The van der Waals surface area contributed by atoms with Crippen molar-refractivity contribution < 1.29 is 4.68 Å². The number of para-hydroxylation sites is 1. The molecule has 5 nitrogen and oxygen atoms in total. The van der Waals surface area contributed by atoms with Crippen LogP contribution in [0.3, 0.4) is 0 Å². The van der Waals surface area contributed by atoms with Crippen LogP contribution in [-0.4, -0.2) is 21.9 Å². The van der Waals surface area contributed by atoms with E-state index in [1.54, 1.807) is 0 Å². The summed E-state index contributed by atoms with van der Waals surface area (Å²) in [6.45, 7) is 3.77. The van der Waals surface area contributed by atoms with Crippen molar-refractivity contribution in [2.45, 2.75) is 0 Å². The Hall–Kier alpha value is -2.56. The van der Waals surface area contributed by atoms with E-state index in [4.69, 9.17) is 11.5 Å². The second-order valence-corrected chi connectivity index (χ2v) is 3.50. The first kappa shape index (κ1) is 10.9. The molecule has 5 heteroatoms. The molecule has 0 aliphatic rings. The number of hydrazone groups is 1. The van der Waals surface area contributed by atoms with E-state index in [2.05, 4.69) is 11.8 Å². The molecule has 0 fully saturated rings. The Morgan fingerprint density at radius 3 is 2.47 bits per heavy atom. The van der Waals surface area contributed by atoms with Gasteiger partial charge in [0.05, 0.1) is 12.9 Å². The molecule has 17 heavy (non-hydrogen) atoms. The van der Waals surface area contributed by atoms with E-state index in [-0.39, 0.29) is 5.96 Å². The Morgan fingerprint density at radius 2 is 1.82 bits per heavy atom. The van der Waals surface area contributed by atoms with Crippen molar-refractivity contribution in [1.29, 1.82) is 0 Å². The number of nitrogens with two attached hydrogens (primary N) is 2. The number of nitrogens with zero attached hydrogens (tertiary/aromatic N) is 3. The molecule has 1 heterocycles. The van der Waals surface area contributed by atoms with Gasteiger partial charge in [-0.25, -0.2) is 0 Å². The minimum Gasteiger partial charge on any atom is -0.367 e. The Labute approximate surface area is 99.3 Å². The van der Waals surface area contributed by atoms with Crippen LogP contribution in [0.1, 0.15) is 0 Å². The molecule has 0 amide bonds. The summed E-state index contributed by atoms with van der Waals surface area (Å²) in [5.41, 5.74) is 11.7. The molecule has 0 aliphatic heterocycles. The highest BCUT2D eigenvalue weighted by Crippen LogP contribution is 2.18. The third-order valence-corrected chi connectivity index (χ3v) is 2.26. The summed E-state index contributed by atoms with van der Waals surface area (Å²) >= 11 is 0. The van der Waals surface area contributed by atoms with Crippen LogP contribution < -0.4 is 11.5 Å². The normalized spacial score (nSPS) is 9.88. The molecular weight excluding hydrogens is 214 g/mol. The summed E-state index contributed by atoms with van der Waals surface area (Å²) in [5, 5.41) is 3.88. The van der Waals surface area contributed by atoms with E-state index in [1.165, 1.54) is 4.68 Å². The van der Waals surface area contributed by atoms with Gasteiger partial charge >= 0.3 is 5.82 Å². The second kappa shape index (κ2) is 4.52. The van der Waals surface area contributed by atoms with E-state index in [9.17, 15) is 0 Å². The Bertz CT molecular complexity index is 549. The molecule has 1 aromatic carbocycles. The zero-order chi connectivity index (χ0) is 12.3. The van der Waals surface area contributed by atoms with Crippen LogP contribution in [0.4, 0.5) is 5.82 Å². The Balaban J connectivity index is 2.43. The number of hydrogen-bond donors (Lipinski definition) is 2. The lowest BCUT2D eigenvalue weighted by Gasteiger charge is -2.01. The molecule has 0 aliphatic carbocycles. The molecule has 0 spiro atoms. The summed E-state index contributed by atoms with van der Waals surface area (Å²) in [6, 6.07) is 13.7. The van der Waals surface area contributed by atoms with E-state index >= 15 is 0 Å². The summed E-state index contributed by atoms with van der Waals surface area (Å²) in [4.78, 5) is 0. The zero-order valence-corrected chi connectivity index (χ0v) is 9.32. The lowest BCUT2D eigenvalue weighted by Crippen LogP contribution is -2.24. The predicted octanol–water partition coefficient (Wildman–Crippen LogP) is 1.01. The first-order valence-corrected chi connectivity index (χ1v) is 5.11. The van der Waals surface area contributed by atoms with Crippen LogP contribution in [0.2, 0.25) is 0 Å². The summed E-state index contributed by atoms with van der Waals surface area (Å²) in [6.07, 6.45) is 1.92. The highest BCUT2D eigenvalue weighted by atomic mass is 15.4. The van der Waals surface area contributed by atoms with Crippen LogP contribution in [0.5, 0.6) is 0 Å². The van der Waals surface area contributed by atoms with Crippen LogP contribution in [0.15, 0.2) is 53.8 Å². The van der Waals surface area contributed by atoms with Crippen molar-refractivity contribution in [3.63, 3.8) is 0 Å². The van der Waals surface area contributed by atoms with Crippen LogP contribution in [0.25, 0.3) is 5.69 Å². The highest BCUT2D eigenvalue weighted by Gasteiger charge is 2.13. The molecule has 0 saturated heterocycles. The molecule has 0 radical (unpaired) electrons. The van der Waals surface area contributed by atoms with Crippen molar-refractivity contribution in [3.8, 4) is 5.69 Å². The molecule has 0 unspecified atom stereocenters. The van der Waals surface area contributed by atoms with Gasteiger partial charge in [0.2, 0.25) is 5.96 Å². The summed E-state index contributed by atoms with van der Waals surface area (Å²) in [7, 11) is 0. The first-order valence-electron chi connectivity index (χ1n) is 5.11. The average Bonchev–Trinajstić information content (AvgIpc) is 2.78. The van der Waals surface area contributed by atoms with E-state index in [1.807, 2.05) is 53.2 Å². The number of rotatable bonds is 3. The Morgan fingerprint density at radius 1 is 1.12 bits per heavy atom. The van der Waals surface area contributed by atoms with Gasteiger partial charge in [0.1, 0.15) is 5.69 Å². The van der Waals surface area contributed by atoms with Gasteiger partial charge in [-0.3, -0.25) is 0 Å². The lowest BCUT2D eigenvalue weighted by atomic mass is 10.3. The minimum absolute atomic E-state index is 0.0270. The molecule has 0 saturated carbocycles. The van der Waals surface area contributed by atoms with Crippen molar-refractivity contribution in [3.05, 3.63) is 48.7 Å². The fraction of sp³-hybridized carbons (Fsp3) is 0.